The normalized spacial score (nSPS) is 10.9. The molecule has 0 unspecified atom stereocenters. The molecular formula is C15H16N4O2S. The van der Waals surface area contributed by atoms with E-state index in [4.69, 9.17) is 4.74 Å². The summed E-state index contributed by atoms with van der Waals surface area (Å²) in [7, 11) is 0. The Morgan fingerprint density at radius 2 is 2.00 bits per heavy atom. The number of nitrogens with zero attached hydrogens (tertiary/aromatic N) is 3. The molecule has 1 aromatic carbocycles. The standard InChI is InChI=1S/C15H16N4O2S/c1-9-4-10(2)6-12(5-9)21-7-13(20)16-14-17-15-19(18-14)11(3)8-22-15/h4-6,8H,7H2,1-3H3,(H,16,18,20). The first kappa shape index (κ1) is 14.5. The zero-order valence-electron chi connectivity index (χ0n) is 12.6. The SMILES string of the molecule is Cc1cc(C)cc(OCC(=O)Nc2nc3scc(C)n3n2)c1. The van der Waals surface area contributed by atoms with Crippen molar-refractivity contribution >= 4 is 28.2 Å². The van der Waals surface area contributed by atoms with Crippen LogP contribution in [0.4, 0.5) is 5.95 Å². The van der Waals surface area contributed by atoms with Crippen LogP contribution in [0.3, 0.4) is 0 Å². The summed E-state index contributed by atoms with van der Waals surface area (Å²) in [5.74, 6) is 0.696. The van der Waals surface area contributed by atoms with Crippen molar-refractivity contribution in [1.29, 1.82) is 0 Å². The van der Waals surface area contributed by atoms with Crippen LogP contribution in [0.5, 0.6) is 5.75 Å². The maximum Gasteiger partial charge on any atom is 0.264 e. The van der Waals surface area contributed by atoms with Gasteiger partial charge in [-0.1, -0.05) is 6.07 Å². The van der Waals surface area contributed by atoms with Crippen molar-refractivity contribution in [2.75, 3.05) is 11.9 Å². The number of carbonyl (C=O) groups is 1. The van der Waals surface area contributed by atoms with Crippen molar-refractivity contribution in [3.05, 3.63) is 40.4 Å². The molecule has 3 aromatic rings. The maximum absolute atomic E-state index is 11.9. The highest BCUT2D eigenvalue weighted by atomic mass is 32.1. The molecule has 0 spiro atoms. The van der Waals surface area contributed by atoms with E-state index in [1.165, 1.54) is 11.3 Å². The van der Waals surface area contributed by atoms with Gasteiger partial charge >= 0.3 is 0 Å². The molecule has 0 saturated heterocycles. The minimum absolute atomic E-state index is 0.0747. The molecule has 1 N–H and O–H groups in total. The van der Waals surface area contributed by atoms with Gasteiger partial charge in [-0.05, 0) is 44.0 Å². The number of rotatable bonds is 4. The molecule has 0 fully saturated rings. The predicted octanol–water partition coefficient (Wildman–Crippen LogP) is 2.73. The van der Waals surface area contributed by atoms with E-state index in [1.807, 2.05) is 38.3 Å². The first-order valence-electron chi connectivity index (χ1n) is 6.83. The largest absolute Gasteiger partial charge is 0.484 e. The molecule has 0 aliphatic carbocycles. The van der Waals surface area contributed by atoms with Crippen molar-refractivity contribution in [1.82, 2.24) is 14.6 Å². The number of fused-ring (bicyclic) bond motifs is 1. The number of thiazole rings is 1. The molecule has 22 heavy (non-hydrogen) atoms. The number of carbonyl (C=O) groups excluding carboxylic acids is 1. The van der Waals surface area contributed by atoms with E-state index < -0.39 is 0 Å². The molecule has 1 amide bonds. The summed E-state index contributed by atoms with van der Waals surface area (Å²) in [5, 5.41) is 8.83. The Bertz CT molecular complexity index is 817. The summed E-state index contributed by atoms with van der Waals surface area (Å²) in [5.41, 5.74) is 3.18. The Kier molecular flexibility index (Phi) is 3.81. The molecule has 0 bridgehead atoms. The summed E-state index contributed by atoms with van der Waals surface area (Å²) in [6.45, 7) is 5.84. The van der Waals surface area contributed by atoms with Crippen molar-refractivity contribution in [3.8, 4) is 5.75 Å². The van der Waals surface area contributed by atoms with Crippen LogP contribution in [-0.4, -0.2) is 27.1 Å². The van der Waals surface area contributed by atoms with Crippen LogP contribution in [0.15, 0.2) is 23.6 Å². The summed E-state index contributed by atoms with van der Waals surface area (Å²) in [4.78, 5) is 16.9. The lowest BCUT2D eigenvalue weighted by atomic mass is 10.1. The molecule has 114 valence electrons. The zero-order chi connectivity index (χ0) is 15.7. The number of ether oxygens (including phenoxy) is 1. The lowest BCUT2D eigenvalue weighted by Crippen LogP contribution is -2.21. The van der Waals surface area contributed by atoms with Gasteiger partial charge in [-0.2, -0.15) is 4.98 Å². The highest BCUT2D eigenvalue weighted by Crippen LogP contribution is 2.17. The van der Waals surface area contributed by atoms with Crippen LogP contribution < -0.4 is 10.1 Å². The number of aromatic nitrogens is 3. The van der Waals surface area contributed by atoms with E-state index in [-0.39, 0.29) is 12.5 Å². The third-order valence-electron chi connectivity index (χ3n) is 3.06. The van der Waals surface area contributed by atoms with Crippen LogP contribution in [-0.2, 0) is 4.79 Å². The number of benzene rings is 1. The van der Waals surface area contributed by atoms with E-state index >= 15 is 0 Å². The number of anilines is 1. The third-order valence-corrected chi connectivity index (χ3v) is 4.00. The maximum atomic E-state index is 11.9. The number of amides is 1. The van der Waals surface area contributed by atoms with Gasteiger partial charge in [-0.25, -0.2) is 4.52 Å². The summed E-state index contributed by atoms with van der Waals surface area (Å²) in [6, 6.07) is 5.85. The smallest absolute Gasteiger partial charge is 0.264 e. The summed E-state index contributed by atoms with van der Waals surface area (Å²) >= 11 is 1.48. The van der Waals surface area contributed by atoms with Gasteiger partial charge < -0.3 is 4.74 Å². The highest BCUT2D eigenvalue weighted by Gasteiger charge is 2.11. The second kappa shape index (κ2) is 5.76. The second-order valence-corrected chi connectivity index (χ2v) is 6.00. The molecule has 2 aromatic heterocycles. The Hall–Kier alpha value is -2.41. The van der Waals surface area contributed by atoms with Gasteiger partial charge in [0.05, 0.1) is 5.69 Å². The highest BCUT2D eigenvalue weighted by molar-refractivity contribution is 7.15. The van der Waals surface area contributed by atoms with Gasteiger partial charge in [0.2, 0.25) is 4.96 Å². The number of nitrogens with one attached hydrogen (secondary N) is 1. The minimum atomic E-state index is -0.282. The van der Waals surface area contributed by atoms with Gasteiger partial charge in [0.25, 0.3) is 11.9 Å². The van der Waals surface area contributed by atoms with E-state index in [9.17, 15) is 4.79 Å². The molecule has 0 atom stereocenters. The minimum Gasteiger partial charge on any atom is -0.484 e. The molecule has 3 rings (SSSR count). The van der Waals surface area contributed by atoms with E-state index in [0.29, 0.717) is 11.7 Å². The van der Waals surface area contributed by atoms with Crippen LogP contribution in [0, 0.1) is 20.8 Å². The fourth-order valence-corrected chi connectivity index (χ4v) is 2.97. The Morgan fingerprint density at radius 1 is 1.27 bits per heavy atom. The van der Waals surface area contributed by atoms with Gasteiger partial charge in [0.15, 0.2) is 6.61 Å². The number of aryl methyl sites for hydroxylation is 3. The molecular weight excluding hydrogens is 300 g/mol. The number of hydrogen-bond donors (Lipinski definition) is 1. The van der Waals surface area contributed by atoms with Crippen LogP contribution in [0.1, 0.15) is 16.8 Å². The fourth-order valence-electron chi connectivity index (χ4n) is 2.17. The van der Waals surface area contributed by atoms with Gasteiger partial charge in [-0.3, -0.25) is 10.1 Å². The Labute approximate surface area is 131 Å². The molecule has 0 aliphatic rings. The molecule has 7 heteroatoms. The fraction of sp³-hybridized carbons (Fsp3) is 0.267. The van der Waals surface area contributed by atoms with Crippen molar-refractivity contribution in [2.24, 2.45) is 0 Å². The average Bonchev–Trinajstić information content (AvgIpc) is 2.98. The van der Waals surface area contributed by atoms with Gasteiger partial charge in [-0.15, -0.1) is 16.4 Å². The van der Waals surface area contributed by atoms with Crippen LogP contribution in [0.2, 0.25) is 0 Å². The van der Waals surface area contributed by atoms with E-state index in [2.05, 4.69) is 21.5 Å². The number of hydrogen-bond acceptors (Lipinski definition) is 5. The topological polar surface area (TPSA) is 68.5 Å². The zero-order valence-corrected chi connectivity index (χ0v) is 13.4. The monoisotopic (exact) mass is 316 g/mol. The Balaban J connectivity index is 1.62. The lowest BCUT2D eigenvalue weighted by Gasteiger charge is -2.07. The second-order valence-electron chi connectivity index (χ2n) is 5.17. The Morgan fingerprint density at radius 3 is 2.68 bits per heavy atom. The summed E-state index contributed by atoms with van der Waals surface area (Å²) < 4.78 is 7.21. The first-order chi connectivity index (χ1) is 10.5. The van der Waals surface area contributed by atoms with Gasteiger partial charge in [0, 0.05) is 5.38 Å². The van der Waals surface area contributed by atoms with Crippen LogP contribution >= 0.6 is 11.3 Å². The van der Waals surface area contributed by atoms with Crippen molar-refractivity contribution < 1.29 is 9.53 Å². The van der Waals surface area contributed by atoms with E-state index in [0.717, 1.165) is 21.8 Å². The van der Waals surface area contributed by atoms with Crippen molar-refractivity contribution in [3.63, 3.8) is 0 Å². The molecule has 6 nitrogen and oxygen atoms in total. The predicted molar refractivity (Wildman–Crippen MR) is 85.6 cm³/mol. The van der Waals surface area contributed by atoms with Gasteiger partial charge in [0.1, 0.15) is 5.75 Å². The molecule has 0 aliphatic heterocycles. The summed E-state index contributed by atoms with van der Waals surface area (Å²) in [6.07, 6.45) is 0. The first-order valence-corrected chi connectivity index (χ1v) is 7.71. The molecule has 0 radical (unpaired) electrons. The molecule has 0 saturated carbocycles. The lowest BCUT2D eigenvalue weighted by molar-refractivity contribution is -0.118. The average molecular weight is 316 g/mol. The van der Waals surface area contributed by atoms with E-state index in [1.54, 1.807) is 4.52 Å². The third kappa shape index (κ3) is 3.09. The van der Waals surface area contributed by atoms with Crippen LogP contribution in [0.25, 0.3) is 4.96 Å². The van der Waals surface area contributed by atoms with Crippen molar-refractivity contribution in [2.45, 2.75) is 20.8 Å². The quantitative estimate of drug-likeness (QED) is 0.803. The molecule has 2 heterocycles.